The van der Waals surface area contributed by atoms with Gasteiger partial charge in [-0.1, -0.05) is 30.3 Å². The van der Waals surface area contributed by atoms with Gasteiger partial charge in [-0.2, -0.15) is 0 Å². The molecule has 0 saturated carbocycles. The Bertz CT molecular complexity index is 876. The zero-order valence-corrected chi connectivity index (χ0v) is 12.1. The topological polar surface area (TPSA) is 130 Å². The summed E-state index contributed by atoms with van der Waals surface area (Å²) in [4.78, 5) is 20.6. The second-order valence-corrected chi connectivity index (χ2v) is 4.90. The van der Waals surface area contributed by atoms with E-state index in [-0.39, 0.29) is 11.4 Å². The Hall–Kier alpha value is -3.69. The van der Waals surface area contributed by atoms with Crippen LogP contribution < -0.4 is 0 Å². The number of rotatable bonds is 5. The molecule has 3 rings (SSSR count). The molecular formula is C14H10N6O4. The molecule has 10 heteroatoms. The van der Waals surface area contributed by atoms with Gasteiger partial charge >= 0.3 is 0 Å². The summed E-state index contributed by atoms with van der Waals surface area (Å²) in [5.41, 5.74) is 0.338. The number of nitro benzene ring substituents is 2. The smallest absolute Gasteiger partial charge is 0.258 e. The van der Waals surface area contributed by atoms with E-state index in [0.29, 0.717) is 6.54 Å². The van der Waals surface area contributed by atoms with Crippen LogP contribution >= 0.6 is 0 Å². The number of hydrogen-bond acceptors (Lipinski definition) is 7. The minimum atomic E-state index is -0.693. The van der Waals surface area contributed by atoms with Crippen LogP contribution in [-0.4, -0.2) is 30.1 Å². The standard InChI is InChI=1S/C14H10N6O4/c21-19(22)12-6-11(7-13(8-12)20(23)24)14-15-16-17-18(14)9-10-4-2-1-3-5-10/h1-8H,9H2. The lowest BCUT2D eigenvalue weighted by Gasteiger charge is -2.05. The summed E-state index contributed by atoms with van der Waals surface area (Å²) in [5.74, 6) is 0.214. The highest BCUT2D eigenvalue weighted by Crippen LogP contribution is 2.28. The van der Waals surface area contributed by atoms with Crippen molar-refractivity contribution < 1.29 is 9.85 Å². The Morgan fingerprint density at radius 1 is 0.958 bits per heavy atom. The van der Waals surface area contributed by atoms with Gasteiger partial charge in [0.2, 0.25) is 0 Å². The van der Waals surface area contributed by atoms with Crippen LogP contribution in [0.3, 0.4) is 0 Å². The van der Waals surface area contributed by atoms with Crippen molar-refractivity contribution in [1.82, 2.24) is 20.2 Å². The highest BCUT2D eigenvalue weighted by molar-refractivity contribution is 5.64. The maximum absolute atomic E-state index is 11.0. The van der Waals surface area contributed by atoms with Crippen molar-refractivity contribution in [2.75, 3.05) is 0 Å². The van der Waals surface area contributed by atoms with E-state index in [1.54, 1.807) is 0 Å². The van der Waals surface area contributed by atoms with E-state index in [1.807, 2.05) is 30.3 Å². The Balaban J connectivity index is 2.05. The van der Waals surface area contributed by atoms with Crippen molar-refractivity contribution in [3.8, 4) is 11.4 Å². The SMILES string of the molecule is O=[N+]([O-])c1cc(-c2nnnn2Cc2ccccc2)cc([N+](=O)[O-])c1. The Kier molecular flexibility index (Phi) is 3.93. The summed E-state index contributed by atoms with van der Waals surface area (Å²) < 4.78 is 1.43. The van der Waals surface area contributed by atoms with Gasteiger partial charge in [0.15, 0.2) is 5.82 Å². The number of nitro groups is 2. The predicted molar refractivity (Wildman–Crippen MR) is 82.1 cm³/mol. The summed E-state index contributed by atoms with van der Waals surface area (Å²) in [6.07, 6.45) is 0. The molecule has 10 nitrogen and oxygen atoms in total. The Morgan fingerprint density at radius 2 is 1.58 bits per heavy atom. The quantitative estimate of drug-likeness (QED) is 0.519. The van der Waals surface area contributed by atoms with Crippen LogP contribution in [-0.2, 0) is 6.54 Å². The first-order chi connectivity index (χ1) is 11.5. The normalized spacial score (nSPS) is 10.5. The Morgan fingerprint density at radius 3 is 2.17 bits per heavy atom. The van der Waals surface area contributed by atoms with Crippen molar-refractivity contribution in [2.24, 2.45) is 0 Å². The molecule has 24 heavy (non-hydrogen) atoms. The predicted octanol–water partition coefficient (Wildman–Crippen LogP) is 2.20. The number of hydrogen-bond donors (Lipinski definition) is 0. The number of benzene rings is 2. The second kappa shape index (κ2) is 6.20. The monoisotopic (exact) mass is 326 g/mol. The maximum atomic E-state index is 11.0. The van der Waals surface area contributed by atoms with Gasteiger partial charge in [-0.3, -0.25) is 20.2 Å². The van der Waals surface area contributed by atoms with Crippen molar-refractivity contribution in [2.45, 2.75) is 6.54 Å². The van der Waals surface area contributed by atoms with Gasteiger partial charge in [0.25, 0.3) is 11.4 Å². The van der Waals surface area contributed by atoms with E-state index in [2.05, 4.69) is 15.5 Å². The van der Waals surface area contributed by atoms with Crippen molar-refractivity contribution in [1.29, 1.82) is 0 Å². The molecule has 2 aromatic carbocycles. The largest absolute Gasteiger partial charge is 0.277 e. The van der Waals surface area contributed by atoms with Gasteiger partial charge in [0.05, 0.1) is 22.5 Å². The average molecular weight is 326 g/mol. The number of tetrazole rings is 1. The highest BCUT2D eigenvalue weighted by Gasteiger charge is 2.20. The minimum Gasteiger partial charge on any atom is -0.258 e. The first-order valence-electron chi connectivity index (χ1n) is 6.79. The van der Waals surface area contributed by atoms with E-state index in [4.69, 9.17) is 0 Å². The van der Waals surface area contributed by atoms with Gasteiger partial charge in [0.1, 0.15) is 0 Å². The minimum absolute atomic E-state index is 0.205. The van der Waals surface area contributed by atoms with Crippen LogP contribution in [0.1, 0.15) is 5.56 Å². The number of nitrogens with zero attached hydrogens (tertiary/aromatic N) is 6. The molecule has 0 spiro atoms. The number of aromatic nitrogens is 4. The molecule has 0 N–H and O–H groups in total. The fraction of sp³-hybridized carbons (Fsp3) is 0.0714. The van der Waals surface area contributed by atoms with Crippen LogP contribution in [0.5, 0.6) is 0 Å². The van der Waals surface area contributed by atoms with Crippen LogP contribution in [0.4, 0.5) is 11.4 Å². The van der Waals surface area contributed by atoms with E-state index < -0.39 is 21.2 Å². The van der Waals surface area contributed by atoms with E-state index in [0.717, 1.165) is 11.6 Å². The highest BCUT2D eigenvalue weighted by atomic mass is 16.6. The fourth-order valence-corrected chi connectivity index (χ4v) is 2.21. The zero-order valence-electron chi connectivity index (χ0n) is 12.1. The molecule has 0 fully saturated rings. The molecular weight excluding hydrogens is 316 g/mol. The number of non-ortho nitro benzene ring substituents is 2. The first kappa shape index (κ1) is 15.2. The van der Waals surface area contributed by atoms with Crippen LogP contribution in [0.15, 0.2) is 48.5 Å². The third-order valence-corrected chi connectivity index (χ3v) is 3.29. The molecule has 3 aromatic rings. The first-order valence-corrected chi connectivity index (χ1v) is 6.79. The van der Waals surface area contributed by atoms with Crippen molar-refractivity contribution in [3.05, 3.63) is 74.3 Å². The second-order valence-electron chi connectivity index (χ2n) is 4.90. The lowest BCUT2D eigenvalue weighted by molar-refractivity contribution is -0.394. The molecule has 1 aromatic heterocycles. The van der Waals surface area contributed by atoms with Crippen molar-refractivity contribution >= 4 is 11.4 Å². The van der Waals surface area contributed by atoms with E-state index >= 15 is 0 Å². The third kappa shape index (κ3) is 3.06. The van der Waals surface area contributed by atoms with E-state index in [1.165, 1.54) is 16.8 Å². The summed E-state index contributed by atoms with van der Waals surface area (Å²) in [6.45, 7) is 0.333. The summed E-state index contributed by atoms with van der Waals surface area (Å²) in [5, 5.41) is 33.3. The molecule has 0 saturated heterocycles. The van der Waals surface area contributed by atoms with Gasteiger partial charge in [-0.25, -0.2) is 4.68 Å². The molecule has 0 atom stereocenters. The molecule has 1 heterocycles. The van der Waals surface area contributed by atoms with Crippen LogP contribution in [0, 0.1) is 20.2 Å². The van der Waals surface area contributed by atoms with E-state index in [9.17, 15) is 20.2 Å². The van der Waals surface area contributed by atoms with Crippen LogP contribution in [0.2, 0.25) is 0 Å². The Labute approximate surface area is 134 Å². The molecule has 0 aliphatic carbocycles. The average Bonchev–Trinajstić information content (AvgIpc) is 3.03. The molecule has 0 aliphatic heterocycles. The summed E-state index contributed by atoms with van der Waals surface area (Å²) >= 11 is 0. The van der Waals surface area contributed by atoms with Crippen molar-refractivity contribution in [3.63, 3.8) is 0 Å². The van der Waals surface area contributed by atoms with Gasteiger partial charge < -0.3 is 0 Å². The zero-order chi connectivity index (χ0) is 17.1. The van der Waals surface area contributed by atoms with Gasteiger partial charge in [0, 0.05) is 17.7 Å². The molecule has 0 bridgehead atoms. The summed E-state index contributed by atoms with van der Waals surface area (Å²) in [7, 11) is 0. The maximum Gasteiger partial charge on any atom is 0.277 e. The fourth-order valence-electron chi connectivity index (χ4n) is 2.21. The molecule has 0 unspecified atom stereocenters. The lowest BCUT2D eigenvalue weighted by atomic mass is 10.1. The van der Waals surface area contributed by atoms with Gasteiger partial charge in [-0.05, 0) is 16.0 Å². The molecule has 0 aliphatic rings. The molecule has 0 amide bonds. The van der Waals surface area contributed by atoms with Gasteiger partial charge in [-0.15, -0.1) is 5.10 Å². The molecule has 120 valence electrons. The van der Waals surface area contributed by atoms with Crippen LogP contribution in [0.25, 0.3) is 11.4 Å². The lowest BCUT2D eigenvalue weighted by Crippen LogP contribution is -2.05. The molecule has 0 radical (unpaired) electrons. The summed E-state index contributed by atoms with van der Waals surface area (Å²) in [6, 6.07) is 12.7. The third-order valence-electron chi connectivity index (χ3n) is 3.29.